The molecule has 0 saturated carbocycles. The molecule has 2 heterocycles. The van der Waals surface area contributed by atoms with Crippen molar-refractivity contribution in [2.24, 2.45) is 5.84 Å². The number of oxazole rings is 1. The molecule has 2 N–H and O–H groups in total. The number of nitrogens with zero attached hydrogens (tertiary/aromatic N) is 2. The quantitative estimate of drug-likeness (QED) is 0.666. The molecule has 1 saturated heterocycles. The van der Waals surface area contributed by atoms with Crippen LogP contribution in [0.1, 0.15) is 37.5 Å². The number of hydrazine groups is 1. The molecule has 0 bridgehead atoms. The van der Waals surface area contributed by atoms with Crippen LogP contribution in [-0.4, -0.2) is 16.5 Å². The Labute approximate surface area is 77.7 Å². The summed E-state index contributed by atoms with van der Waals surface area (Å²) >= 11 is 0. The molecular weight excluding hydrogens is 166 g/mol. The number of hydrogen-bond acceptors (Lipinski definition) is 4. The first-order valence-electron chi connectivity index (χ1n) is 4.77. The van der Waals surface area contributed by atoms with Gasteiger partial charge in [-0.1, -0.05) is 12.8 Å². The van der Waals surface area contributed by atoms with E-state index in [0.717, 1.165) is 18.7 Å². The van der Waals surface area contributed by atoms with Crippen LogP contribution >= 0.6 is 0 Å². The standard InChI is InChI=1S/C9H15N3O/c10-12-5-3-1-2-4-8(12)9-6-11-7-13-9/h6-8H,1-5,10H2. The van der Waals surface area contributed by atoms with Gasteiger partial charge in [-0.3, -0.25) is 5.84 Å². The molecule has 0 amide bonds. The van der Waals surface area contributed by atoms with Crippen LogP contribution in [0.3, 0.4) is 0 Å². The maximum Gasteiger partial charge on any atom is 0.180 e. The van der Waals surface area contributed by atoms with E-state index in [0.29, 0.717) is 0 Å². The Morgan fingerprint density at radius 2 is 2.38 bits per heavy atom. The largest absolute Gasteiger partial charge is 0.447 e. The molecule has 13 heavy (non-hydrogen) atoms. The van der Waals surface area contributed by atoms with Crippen LogP contribution in [0.15, 0.2) is 17.0 Å². The monoisotopic (exact) mass is 181 g/mol. The van der Waals surface area contributed by atoms with Crippen molar-refractivity contribution in [2.45, 2.75) is 31.7 Å². The summed E-state index contributed by atoms with van der Waals surface area (Å²) < 4.78 is 5.27. The van der Waals surface area contributed by atoms with Gasteiger partial charge in [0.15, 0.2) is 6.39 Å². The number of aromatic nitrogens is 1. The molecule has 0 radical (unpaired) electrons. The molecule has 72 valence electrons. The summed E-state index contributed by atoms with van der Waals surface area (Å²) in [6, 6.07) is 0.227. The fraction of sp³-hybridized carbons (Fsp3) is 0.667. The third-order valence-corrected chi connectivity index (χ3v) is 2.57. The average molecular weight is 181 g/mol. The highest BCUT2D eigenvalue weighted by atomic mass is 16.3. The van der Waals surface area contributed by atoms with Crippen molar-refractivity contribution in [3.63, 3.8) is 0 Å². The minimum Gasteiger partial charge on any atom is -0.447 e. The lowest BCUT2D eigenvalue weighted by Crippen LogP contribution is -2.34. The summed E-state index contributed by atoms with van der Waals surface area (Å²) in [5.41, 5.74) is 0. The fourth-order valence-corrected chi connectivity index (χ4v) is 1.83. The average Bonchev–Trinajstić information content (AvgIpc) is 2.56. The van der Waals surface area contributed by atoms with E-state index in [1.165, 1.54) is 25.7 Å². The van der Waals surface area contributed by atoms with Gasteiger partial charge in [-0.2, -0.15) is 0 Å². The first kappa shape index (κ1) is 8.72. The van der Waals surface area contributed by atoms with Gasteiger partial charge in [-0.05, 0) is 12.8 Å². The fourth-order valence-electron chi connectivity index (χ4n) is 1.83. The topological polar surface area (TPSA) is 55.3 Å². The Bertz CT molecular complexity index is 247. The van der Waals surface area contributed by atoms with Gasteiger partial charge in [0.25, 0.3) is 0 Å². The van der Waals surface area contributed by atoms with Crippen LogP contribution < -0.4 is 5.84 Å². The highest BCUT2D eigenvalue weighted by Crippen LogP contribution is 2.26. The first-order chi connectivity index (χ1) is 6.38. The molecule has 2 rings (SSSR count). The van der Waals surface area contributed by atoms with Gasteiger partial charge in [0, 0.05) is 6.54 Å². The van der Waals surface area contributed by atoms with Crippen molar-refractivity contribution >= 4 is 0 Å². The van der Waals surface area contributed by atoms with Crippen molar-refractivity contribution in [1.82, 2.24) is 9.99 Å². The molecule has 1 aromatic rings. The van der Waals surface area contributed by atoms with E-state index in [1.807, 2.05) is 5.01 Å². The molecular formula is C9H15N3O. The summed E-state index contributed by atoms with van der Waals surface area (Å²) in [5.74, 6) is 6.81. The van der Waals surface area contributed by atoms with E-state index in [9.17, 15) is 0 Å². The normalized spacial score (nSPS) is 25.8. The van der Waals surface area contributed by atoms with E-state index < -0.39 is 0 Å². The Kier molecular flexibility index (Phi) is 2.61. The Balaban J connectivity index is 2.11. The van der Waals surface area contributed by atoms with Gasteiger partial charge < -0.3 is 4.42 Å². The number of rotatable bonds is 1. The van der Waals surface area contributed by atoms with Crippen LogP contribution in [0.4, 0.5) is 0 Å². The molecule has 1 aliphatic rings. The molecule has 1 unspecified atom stereocenters. The summed E-state index contributed by atoms with van der Waals surface area (Å²) in [6.07, 6.45) is 7.97. The van der Waals surface area contributed by atoms with E-state index in [-0.39, 0.29) is 6.04 Å². The van der Waals surface area contributed by atoms with Gasteiger partial charge in [0.1, 0.15) is 5.76 Å². The lowest BCUT2D eigenvalue weighted by Gasteiger charge is -2.22. The molecule has 1 aromatic heterocycles. The maximum absolute atomic E-state index is 5.92. The van der Waals surface area contributed by atoms with Crippen molar-refractivity contribution in [1.29, 1.82) is 0 Å². The van der Waals surface area contributed by atoms with Crippen LogP contribution in [0.25, 0.3) is 0 Å². The van der Waals surface area contributed by atoms with Crippen LogP contribution in [-0.2, 0) is 0 Å². The zero-order valence-electron chi connectivity index (χ0n) is 7.65. The third-order valence-electron chi connectivity index (χ3n) is 2.57. The molecule has 1 fully saturated rings. The van der Waals surface area contributed by atoms with Crippen LogP contribution in [0.5, 0.6) is 0 Å². The van der Waals surface area contributed by atoms with Crippen molar-refractivity contribution in [2.75, 3.05) is 6.54 Å². The summed E-state index contributed by atoms with van der Waals surface area (Å²) in [4.78, 5) is 3.91. The second-order valence-corrected chi connectivity index (χ2v) is 3.51. The Morgan fingerprint density at radius 3 is 3.15 bits per heavy atom. The van der Waals surface area contributed by atoms with Crippen LogP contribution in [0, 0.1) is 0 Å². The summed E-state index contributed by atoms with van der Waals surface area (Å²) in [5, 5.41) is 1.87. The predicted molar refractivity (Wildman–Crippen MR) is 48.6 cm³/mol. The maximum atomic E-state index is 5.92. The number of nitrogens with two attached hydrogens (primary N) is 1. The Morgan fingerprint density at radius 1 is 1.46 bits per heavy atom. The van der Waals surface area contributed by atoms with Crippen molar-refractivity contribution < 1.29 is 4.42 Å². The molecule has 1 atom stereocenters. The summed E-state index contributed by atoms with van der Waals surface area (Å²) in [7, 11) is 0. The van der Waals surface area contributed by atoms with Gasteiger partial charge >= 0.3 is 0 Å². The first-order valence-corrected chi connectivity index (χ1v) is 4.77. The second-order valence-electron chi connectivity index (χ2n) is 3.51. The summed E-state index contributed by atoms with van der Waals surface area (Å²) in [6.45, 7) is 0.950. The molecule has 1 aliphatic heterocycles. The molecule has 4 heteroatoms. The zero-order chi connectivity index (χ0) is 9.10. The van der Waals surface area contributed by atoms with Gasteiger partial charge in [0.05, 0.1) is 12.2 Å². The van der Waals surface area contributed by atoms with Gasteiger partial charge in [-0.25, -0.2) is 9.99 Å². The zero-order valence-corrected chi connectivity index (χ0v) is 7.65. The predicted octanol–water partition coefficient (Wildman–Crippen LogP) is 1.47. The minimum atomic E-state index is 0.227. The highest BCUT2D eigenvalue weighted by molar-refractivity contribution is 4.97. The SMILES string of the molecule is NN1CCCCCC1c1cnco1. The molecule has 4 nitrogen and oxygen atoms in total. The second kappa shape index (κ2) is 3.89. The number of hydrogen-bond donors (Lipinski definition) is 1. The lowest BCUT2D eigenvalue weighted by molar-refractivity contribution is 0.181. The minimum absolute atomic E-state index is 0.227. The van der Waals surface area contributed by atoms with Crippen LogP contribution in [0.2, 0.25) is 0 Å². The molecule has 0 aromatic carbocycles. The Hall–Kier alpha value is -0.870. The molecule has 0 spiro atoms. The van der Waals surface area contributed by atoms with Crippen molar-refractivity contribution in [3.8, 4) is 0 Å². The highest BCUT2D eigenvalue weighted by Gasteiger charge is 2.22. The van der Waals surface area contributed by atoms with Gasteiger partial charge in [-0.15, -0.1) is 0 Å². The molecule has 0 aliphatic carbocycles. The van der Waals surface area contributed by atoms with E-state index in [1.54, 1.807) is 6.20 Å². The van der Waals surface area contributed by atoms with E-state index >= 15 is 0 Å². The van der Waals surface area contributed by atoms with E-state index in [4.69, 9.17) is 10.3 Å². The van der Waals surface area contributed by atoms with E-state index in [2.05, 4.69) is 4.98 Å². The van der Waals surface area contributed by atoms with Gasteiger partial charge in [0.2, 0.25) is 0 Å². The van der Waals surface area contributed by atoms with Crippen molar-refractivity contribution in [3.05, 3.63) is 18.4 Å². The smallest absolute Gasteiger partial charge is 0.180 e. The lowest BCUT2D eigenvalue weighted by atomic mass is 10.1. The third kappa shape index (κ3) is 1.89.